The third-order valence-corrected chi connectivity index (χ3v) is 6.35. The number of ether oxygens (including phenoxy) is 1. The number of benzene rings is 2. The number of hydrogen-bond acceptors (Lipinski definition) is 3. The molecule has 0 saturated carbocycles. The minimum atomic E-state index is 0.0235. The fraction of sp³-hybridized carbons (Fsp3) is 0.435. The van der Waals surface area contributed by atoms with Crippen LogP contribution in [0.4, 0.5) is 0 Å². The fourth-order valence-electron chi connectivity index (χ4n) is 3.48. The lowest BCUT2D eigenvalue weighted by Crippen LogP contribution is -3.14. The Kier molecular flexibility index (Phi) is 7.95. The number of amides is 1. The summed E-state index contributed by atoms with van der Waals surface area (Å²) < 4.78 is 5.38. The van der Waals surface area contributed by atoms with E-state index in [9.17, 15) is 4.79 Å². The Bertz CT molecular complexity index is 788. The lowest BCUT2D eigenvalue weighted by molar-refractivity contribution is -0.908. The topological polar surface area (TPSA) is 42.8 Å². The summed E-state index contributed by atoms with van der Waals surface area (Å²) in [5, 5.41) is 3.06. The Hall–Kier alpha value is -1.82. The van der Waals surface area contributed by atoms with Crippen molar-refractivity contribution in [2.75, 3.05) is 39.4 Å². The molecule has 0 atom stereocenters. The molecule has 1 heterocycles. The normalized spacial score (nSPS) is 14.8. The average Bonchev–Trinajstić information content (AvgIpc) is 2.71. The second-order valence-corrected chi connectivity index (χ2v) is 8.50. The van der Waals surface area contributed by atoms with E-state index in [4.69, 9.17) is 4.74 Å². The smallest absolute Gasteiger partial charge is 0.251 e. The predicted molar refractivity (Wildman–Crippen MR) is 115 cm³/mol. The Morgan fingerprint density at radius 1 is 1.14 bits per heavy atom. The van der Waals surface area contributed by atoms with Crippen LogP contribution in [-0.2, 0) is 10.5 Å². The van der Waals surface area contributed by atoms with Gasteiger partial charge in [-0.05, 0) is 43.2 Å². The summed E-state index contributed by atoms with van der Waals surface area (Å²) in [7, 11) is 0. The first-order valence-electron chi connectivity index (χ1n) is 10.1. The van der Waals surface area contributed by atoms with E-state index in [1.165, 1.54) is 21.6 Å². The van der Waals surface area contributed by atoms with E-state index in [0.29, 0.717) is 0 Å². The maximum Gasteiger partial charge on any atom is 0.251 e. The van der Waals surface area contributed by atoms with Gasteiger partial charge in [-0.1, -0.05) is 29.8 Å². The number of thioether (sulfide) groups is 1. The zero-order chi connectivity index (χ0) is 19.8. The molecular weight excluding hydrogens is 368 g/mol. The van der Waals surface area contributed by atoms with E-state index >= 15 is 0 Å². The zero-order valence-corrected chi connectivity index (χ0v) is 17.7. The van der Waals surface area contributed by atoms with Crippen LogP contribution in [0.1, 0.15) is 33.5 Å². The first kappa shape index (κ1) is 20.9. The van der Waals surface area contributed by atoms with Crippen molar-refractivity contribution in [3.63, 3.8) is 0 Å². The molecule has 1 aliphatic rings. The highest BCUT2D eigenvalue weighted by Crippen LogP contribution is 2.26. The van der Waals surface area contributed by atoms with Crippen LogP contribution in [0.15, 0.2) is 47.4 Å². The second kappa shape index (κ2) is 10.6. The zero-order valence-electron chi connectivity index (χ0n) is 16.9. The number of aryl methyl sites for hydroxylation is 2. The number of rotatable bonds is 8. The highest BCUT2D eigenvalue weighted by Gasteiger charge is 2.13. The number of morpholine rings is 1. The molecule has 28 heavy (non-hydrogen) atoms. The molecular formula is C23H31N2O2S+. The summed E-state index contributed by atoms with van der Waals surface area (Å²) in [5.41, 5.74) is 4.52. The summed E-state index contributed by atoms with van der Waals surface area (Å²) in [6.07, 6.45) is 1.00. The van der Waals surface area contributed by atoms with Gasteiger partial charge in [0.2, 0.25) is 0 Å². The number of hydrogen-bond donors (Lipinski definition) is 2. The summed E-state index contributed by atoms with van der Waals surface area (Å²) in [6.45, 7) is 9.95. The van der Waals surface area contributed by atoms with E-state index in [-0.39, 0.29) is 5.91 Å². The largest absolute Gasteiger partial charge is 0.370 e. The number of nitrogens with one attached hydrogen (secondary N) is 2. The Morgan fingerprint density at radius 3 is 2.75 bits per heavy atom. The first-order valence-corrected chi connectivity index (χ1v) is 11.1. The molecule has 1 saturated heterocycles. The van der Waals surface area contributed by atoms with Gasteiger partial charge in [0.15, 0.2) is 0 Å². The van der Waals surface area contributed by atoms with Crippen molar-refractivity contribution in [3.8, 4) is 0 Å². The molecule has 1 aliphatic heterocycles. The molecule has 0 radical (unpaired) electrons. The van der Waals surface area contributed by atoms with Gasteiger partial charge in [-0.2, -0.15) is 0 Å². The molecule has 0 aromatic heterocycles. The highest BCUT2D eigenvalue weighted by atomic mass is 32.2. The first-order chi connectivity index (χ1) is 13.6. The van der Waals surface area contributed by atoms with E-state index in [1.807, 2.05) is 30.0 Å². The van der Waals surface area contributed by atoms with E-state index < -0.39 is 0 Å². The van der Waals surface area contributed by atoms with Gasteiger partial charge >= 0.3 is 0 Å². The summed E-state index contributed by atoms with van der Waals surface area (Å²) in [4.78, 5) is 15.3. The molecule has 2 aromatic carbocycles. The molecule has 2 N–H and O–H groups in total. The monoisotopic (exact) mass is 399 g/mol. The number of carbonyl (C=O) groups is 1. The van der Waals surface area contributed by atoms with Crippen molar-refractivity contribution in [3.05, 3.63) is 64.7 Å². The predicted octanol–water partition coefficient (Wildman–Crippen LogP) is 2.63. The van der Waals surface area contributed by atoms with Crippen LogP contribution >= 0.6 is 11.8 Å². The van der Waals surface area contributed by atoms with E-state index in [2.05, 4.69) is 43.4 Å². The molecule has 1 fully saturated rings. The summed E-state index contributed by atoms with van der Waals surface area (Å²) >= 11 is 1.82. The van der Waals surface area contributed by atoms with Crippen LogP contribution in [0.25, 0.3) is 0 Å². The van der Waals surface area contributed by atoms with Gasteiger partial charge in [0.05, 0.1) is 19.8 Å². The third-order valence-electron chi connectivity index (χ3n) is 5.11. The van der Waals surface area contributed by atoms with Crippen molar-refractivity contribution < 1.29 is 14.4 Å². The fourth-order valence-corrected chi connectivity index (χ4v) is 4.43. The van der Waals surface area contributed by atoms with Crippen molar-refractivity contribution in [1.82, 2.24) is 5.32 Å². The minimum absolute atomic E-state index is 0.0235. The SMILES string of the molecule is Cc1ccc(SCc2cccc(C(=O)NCCC[NH+]3CCOCC3)c2)c(C)c1. The lowest BCUT2D eigenvalue weighted by atomic mass is 10.1. The third kappa shape index (κ3) is 6.36. The Morgan fingerprint density at radius 2 is 1.96 bits per heavy atom. The quantitative estimate of drug-likeness (QED) is 0.530. The van der Waals surface area contributed by atoms with Gasteiger partial charge < -0.3 is 15.0 Å². The lowest BCUT2D eigenvalue weighted by Gasteiger charge is -2.23. The van der Waals surface area contributed by atoms with Crippen LogP contribution < -0.4 is 10.2 Å². The van der Waals surface area contributed by atoms with Gasteiger partial charge in [-0.25, -0.2) is 0 Å². The molecule has 4 nitrogen and oxygen atoms in total. The van der Waals surface area contributed by atoms with Crippen LogP contribution in [0.5, 0.6) is 0 Å². The molecule has 2 aromatic rings. The van der Waals surface area contributed by atoms with Gasteiger partial charge in [-0.15, -0.1) is 11.8 Å². The molecule has 3 rings (SSSR count). The molecule has 0 unspecified atom stereocenters. The Labute approximate surface area is 172 Å². The summed E-state index contributed by atoms with van der Waals surface area (Å²) in [6, 6.07) is 14.5. The second-order valence-electron chi connectivity index (χ2n) is 7.48. The van der Waals surface area contributed by atoms with Crippen molar-refractivity contribution in [1.29, 1.82) is 0 Å². The molecule has 5 heteroatoms. The van der Waals surface area contributed by atoms with Crippen molar-refractivity contribution in [2.45, 2.75) is 30.9 Å². The summed E-state index contributed by atoms with van der Waals surface area (Å²) in [5.74, 6) is 0.890. The highest BCUT2D eigenvalue weighted by molar-refractivity contribution is 7.98. The number of quaternary nitrogens is 1. The maximum atomic E-state index is 12.5. The Balaban J connectivity index is 1.45. The van der Waals surface area contributed by atoms with Crippen LogP contribution in [0.3, 0.4) is 0 Å². The maximum absolute atomic E-state index is 12.5. The van der Waals surface area contributed by atoms with Gasteiger partial charge in [0.1, 0.15) is 13.1 Å². The number of carbonyl (C=O) groups excluding carboxylic acids is 1. The standard InChI is InChI=1S/C23H30N2O2S/c1-18-7-8-22(19(2)15-18)28-17-20-5-3-6-21(16-20)23(26)24-9-4-10-25-11-13-27-14-12-25/h3,5-8,15-16H,4,9-14,17H2,1-2H3,(H,24,26)/p+1. The van der Waals surface area contributed by atoms with E-state index in [1.54, 1.807) is 4.90 Å². The molecule has 1 amide bonds. The van der Waals surface area contributed by atoms with Crippen LogP contribution in [0, 0.1) is 13.8 Å². The van der Waals surface area contributed by atoms with E-state index in [0.717, 1.165) is 57.1 Å². The van der Waals surface area contributed by atoms with Crippen molar-refractivity contribution >= 4 is 17.7 Å². The molecule has 0 bridgehead atoms. The van der Waals surface area contributed by atoms with Gasteiger partial charge in [-0.3, -0.25) is 4.79 Å². The van der Waals surface area contributed by atoms with Gasteiger partial charge in [0.25, 0.3) is 5.91 Å². The van der Waals surface area contributed by atoms with Crippen molar-refractivity contribution in [2.24, 2.45) is 0 Å². The molecule has 0 aliphatic carbocycles. The van der Waals surface area contributed by atoms with Crippen LogP contribution in [0.2, 0.25) is 0 Å². The molecule has 0 spiro atoms. The average molecular weight is 400 g/mol. The van der Waals surface area contributed by atoms with Crippen LogP contribution in [-0.4, -0.2) is 45.3 Å². The van der Waals surface area contributed by atoms with Gasteiger partial charge in [0, 0.05) is 29.2 Å². The molecule has 150 valence electrons. The minimum Gasteiger partial charge on any atom is -0.370 e.